The van der Waals surface area contributed by atoms with Crippen molar-refractivity contribution < 1.29 is 10.2 Å². The fraction of sp³-hybridized carbons (Fsp3) is 0.455. The van der Waals surface area contributed by atoms with Crippen LogP contribution in [0, 0.1) is 0 Å². The quantitative estimate of drug-likeness (QED) is 0.733. The SMILES string of the molecule is CNCC(C)(O)Cc1cccc(O)c1.Cl. The van der Waals surface area contributed by atoms with E-state index in [0.29, 0.717) is 13.0 Å². The van der Waals surface area contributed by atoms with Gasteiger partial charge in [-0.3, -0.25) is 0 Å². The summed E-state index contributed by atoms with van der Waals surface area (Å²) in [5, 5.41) is 22.1. The van der Waals surface area contributed by atoms with Crippen LogP contribution in [0.3, 0.4) is 0 Å². The zero-order valence-electron chi connectivity index (χ0n) is 9.03. The van der Waals surface area contributed by atoms with Crippen LogP contribution < -0.4 is 5.32 Å². The van der Waals surface area contributed by atoms with Crippen molar-refractivity contribution in [3.63, 3.8) is 0 Å². The molecule has 86 valence electrons. The summed E-state index contributed by atoms with van der Waals surface area (Å²) >= 11 is 0. The van der Waals surface area contributed by atoms with Gasteiger partial charge >= 0.3 is 0 Å². The molecule has 1 atom stereocenters. The van der Waals surface area contributed by atoms with Gasteiger partial charge in [0.1, 0.15) is 5.75 Å². The monoisotopic (exact) mass is 231 g/mol. The van der Waals surface area contributed by atoms with Crippen LogP contribution in [-0.2, 0) is 6.42 Å². The molecule has 0 aromatic heterocycles. The van der Waals surface area contributed by atoms with E-state index in [4.69, 9.17) is 0 Å². The zero-order chi connectivity index (χ0) is 10.6. The third kappa shape index (κ3) is 5.02. The van der Waals surface area contributed by atoms with Crippen LogP contribution in [0.5, 0.6) is 5.75 Å². The maximum Gasteiger partial charge on any atom is 0.115 e. The van der Waals surface area contributed by atoms with Gasteiger partial charge in [-0.15, -0.1) is 12.4 Å². The molecule has 0 aliphatic heterocycles. The molecule has 1 unspecified atom stereocenters. The van der Waals surface area contributed by atoms with E-state index >= 15 is 0 Å². The van der Waals surface area contributed by atoms with Gasteiger partial charge in [-0.1, -0.05) is 12.1 Å². The highest BCUT2D eigenvalue weighted by atomic mass is 35.5. The number of hydrogen-bond acceptors (Lipinski definition) is 3. The number of rotatable bonds is 4. The van der Waals surface area contributed by atoms with E-state index in [1.165, 1.54) is 0 Å². The number of likely N-dealkylation sites (N-methyl/N-ethyl adjacent to an activating group) is 1. The first kappa shape index (κ1) is 14.2. The molecule has 1 aromatic rings. The Kier molecular flexibility index (Phi) is 5.65. The molecule has 0 radical (unpaired) electrons. The minimum absolute atomic E-state index is 0. The van der Waals surface area contributed by atoms with Crippen LogP contribution in [0.4, 0.5) is 0 Å². The highest BCUT2D eigenvalue weighted by Gasteiger charge is 2.19. The third-order valence-corrected chi connectivity index (χ3v) is 2.05. The highest BCUT2D eigenvalue weighted by molar-refractivity contribution is 5.85. The van der Waals surface area contributed by atoms with Gasteiger partial charge in [0.2, 0.25) is 0 Å². The van der Waals surface area contributed by atoms with Crippen molar-refractivity contribution in [3.8, 4) is 5.75 Å². The molecule has 0 aliphatic rings. The highest BCUT2D eigenvalue weighted by Crippen LogP contribution is 2.16. The van der Waals surface area contributed by atoms with E-state index in [0.717, 1.165) is 5.56 Å². The molecule has 0 amide bonds. The average Bonchev–Trinajstić information content (AvgIpc) is 2.02. The van der Waals surface area contributed by atoms with E-state index in [1.807, 2.05) is 6.07 Å². The lowest BCUT2D eigenvalue weighted by Crippen LogP contribution is -2.38. The number of phenols is 1. The molecule has 0 heterocycles. The first-order valence-electron chi connectivity index (χ1n) is 4.68. The van der Waals surface area contributed by atoms with Crippen molar-refractivity contribution in [2.75, 3.05) is 13.6 Å². The fourth-order valence-electron chi connectivity index (χ4n) is 1.55. The lowest BCUT2D eigenvalue weighted by atomic mass is 9.96. The number of nitrogens with one attached hydrogen (secondary N) is 1. The summed E-state index contributed by atoms with van der Waals surface area (Å²) in [5.41, 5.74) is 0.160. The normalized spacial score (nSPS) is 14.1. The number of hydrogen-bond donors (Lipinski definition) is 3. The zero-order valence-corrected chi connectivity index (χ0v) is 9.84. The summed E-state index contributed by atoms with van der Waals surface area (Å²) in [7, 11) is 1.80. The Morgan fingerprint density at radius 2 is 2.07 bits per heavy atom. The van der Waals surface area contributed by atoms with Crippen molar-refractivity contribution in [1.29, 1.82) is 0 Å². The molecule has 1 rings (SSSR count). The first-order valence-corrected chi connectivity index (χ1v) is 4.68. The number of aromatic hydroxyl groups is 1. The Morgan fingerprint density at radius 3 is 2.60 bits per heavy atom. The predicted molar refractivity (Wildman–Crippen MR) is 63.6 cm³/mol. The van der Waals surface area contributed by atoms with Gasteiger partial charge in [0.15, 0.2) is 0 Å². The van der Waals surface area contributed by atoms with Crippen LogP contribution in [-0.4, -0.2) is 29.4 Å². The van der Waals surface area contributed by atoms with E-state index in [2.05, 4.69) is 5.32 Å². The van der Waals surface area contributed by atoms with Crippen molar-refractivity contribution in [3.05, 3.63) is 29.8 Å². The number of halogens is 1. The standard InChI is InChI=1S/C11H17NO2.ClH/c1-11(14,8-12-2)7-9-4-3-5-10(13)6-9;/h3-6,12-14H,7-8H2,1-2H3;1H. The third-order valence-electron chi connectivity index (χ3n) is 2.05. The Bertz CT molecular complexity index is 302. The molecule has 0 spiro atoms. The van der Waals surface area contributed by atoms with Gasteiger partial charge in [-0.05, 0) is 31.7 Å². The molecule has 0 saturated carbocycles. The molecular formula is C11H18ClNO2. The molecule has 0 fully saturated rings. The Balaban J connectivity index is 0.00000196. The summed E-state index contributed by atoms with van der Waals surface area (Å²) in [6.45, 7) is 2.30. The fourth-order valence-corrected chi connectivity index (χ4v) is 1.55. The van der Waals surface area contributed by atoms with E-state index in [1.54, 1.807) is 32.2 Å². The second-order valence-corrected chi connectivity index (χ2v) is 3.87. The maximum absolute atomic E-state index is 9.91. The van der Waals surface area contributed by atoms with Gasteiger partial charge < -0.3 is 15.5 Å². The van der Waals surface area contributed by atoms with Crippen LogP contribution in [0.15, 0.2) is 24.3 Å². The van der Waals surface area contributed by atoms with Gasteiger partial charge in [-0.25, -0.2) is 0 Å². The van der Waals surface area contributed by atoms with Crippen molar-refractivity contribution >= 4 is 12.4 Å². The summed E-state index contributed by atoms with van der Waals surface area (Å²) < 4.78 is 0. The number of phenolic OH excluding ortho intramolecular Hbond substituents is 1. The number of benzene rings is 1. The maximum atomic E-state index is 9.91. The summed E-state index contributed by atoms with van der Waals surface area (Å²) in [5.74, 6) is 0.239. The van der Waals surface area contributed by atoms with Crippen LogP contribution in [0.1, 0.15) is 12.5 Å². The van der Waals surface area contributed by atoms with E-state index in [9.17, 15) is 10.2 Å². The van der Waals surface area contributed by atoms with Crippen molar-refractivity contribution in [1.82, 2.24) is 5.32 Å². The largest absolute Gasteiger partial charge is 0.508 e. The second kappa shape index (κ2) is 5.95. The topological polar surface area (TPSA) is 52.5 Å². The Morgan fingerprint density at radius 1 is 1.40 bits per heavy atom. The van der Waals surface area contributed by atoms with Crippen LogP contribution in [0.25, 0.3) is 0 Å². The molecule has 3 nitrogen and oxygen atoms in total. The molecule has 15 heavy (non-hydrogen) atoms. The van der Waals surface area contributed by atoms with Gasteiger partial charge in [0, 0.05) is 13.0 Å². The lowest BCUT2D eigenvalue weighted by Gasteiger charge is -2.22. The molecular weight excluding hydrogens is 214 g/mol. The van der Waals surface area contributed by atoms with Gasteiger partial charge in [0.05, 0.1) is 5.60 Å². The Hall–Kier alpha value is -0.770. The van der Waals surface area contributed by atoms with Gasteiger partial charge in [-0.2, -0.15) is 0 Å². The molecule has 3 N–H and O–H groups in total. The smallest absolute Gasteiger partial charge is 0.115 e. The van der Waals surface area contributed by atoms with Crippen LogP contribution in [0.2, 0.25) is 0 Å². The lowest BCUT2D eigenvalue weighted by molar-refractivity contribution is 0.0622. The Labute approximate surface area is 96.5 Å². The molecule has 4 heteroatoms. The first-order chi connectivity index (χ1) is 6.53. The predicted octanol–water partition coefficient (Wildman–Crippen LogP) is 1.33. The van der Waals surface area contributed by atoms with E-state index in [-0.39, 0.29) is 18.2 Å². The minimum Gasteiger partial charge on any atom is -0.508 e. The number of aliphatic hydroxyl groups is 1. The summed E-state index contributed by atoms with van der Waals surface area (Å²) in [6.07, 6.45) is 0.530. The molecule has 0 saturated heterocycles. The molecule has 0 aliphatic carbocycles. The van der Waals surface area contributed by atoms with Crippen molar-refractivity contribution in [2.24, 2.45) is 0 Å². The second-order valence-electron chi connectivity index (χ2n) is 3.87. The van der Waals surface area contributed by atoms with Crippen molar-refractivity contribution in [2.45, 2.75) is 18.9 Å². The molecule has 1 aromatic carbocycles. The summed E-state index contributed by atoms with van der Waals surface area (Å²) in [4.78, 5) is 0. The van der Waals surface area contributed by atoms with E-state index < -0.39 is 5.60 Å². The average molecular weight is 232 g/mol. The molecule has 0 bridgehead atoms. The minimum atomic E-state index is -0.775. The van der Waals surface area contributed by atoms with Gasteiger partial charge in [0.25, 0.3) is 0 Å². The van der Waals surface area contributed by atoms with Crippen LogP contribution >= 0.6 is 12.4 Å². The summed E-state index contributed by atoms with van der Waals surface area (Å²) in [6, 6.07) is 6.96.